The van der Waals surface area contributed by atoms with Gasteiger partial charge in [0.25, 0.3) is 0 Å². The number of hydrogen-bond donors (Lipinski definition) is 2. The zero-order valence-electron chi connectivity index (χ0n) is 13.3. The molecule has 7 nitrogen and oxygen atoms in total. The third-order valence-corrected chi connectivity index (χ3v) is 3.67. The Morgan fingerprint density at radius 1 is 1.12 bits per heavy atom. The summed E-state index contributed by atoms with van der Waals surface area (Å²) in [7, 11) is 1.58. The molecular weight excluding hydrogens is 338 g/mol. The van der Waals surface area contributed by atoms with Gasteiger partial charge in [-0.25, -0.2) is 0 Å². The van der Waals surface area contributed by atoms with Gasteiger partial charge in [0.1, 0.15) is 5.75 Å². The molecule has 126 valence electrons. The predicted molar refractivity (Wildman–Crippen MR) is 99.8 cm³/mol. The third kappa shape index (κ3) is 3.48. The van der Waals surface area contributed by atoms with Gasteiger partial charge in [-0.1, -0.05) is 30.3 Å². The first-order valence-corrected chi connectivity index (χ1v) is 7.77. The fourth-order valence-corrected chi connectivity index (χ4v) is 2.37. The second-order valence-electron chi connectivity index (χ2n) is 5.08. The van der Waals surface area contributed by atoms with Gasteiger partial charge in [0.2, 0.25) is 0 Å². The minimum atomic E-state index is -0.455. The smallest absolute Gasteiger partial charge is 0.301 e. The van der Waals surface area contributed by atoms with Gasteiger partial charge in [-0.05, 0) is 36.5 Å². The molecule has 0 amide bonds. The molecule has 0 aliphatic rings. The van der Waals surface area contributed by atoms with E-state index in [-0.39, 0.29) is 10.8 Å². The van der Waals surface area contributed by atoms with Crippen molar-refractivity contribution in [2.75, 3.05) is 7.11 Å². The van der Waals surface area contributed by atoms with E-state index in [1.807, 2.05) is 30.3 Å². The minimum absolute atomic E-state index is 0.0897. The van der Waals surface area contributed by atoms with Gasteiger partial charge in [0.15, 0.2) is 10.8 Å². The van der Waals surface area contributed by atoms with Crippen LogP contribution in [0.3, 0.4) is 0 Å². The molecule has 3 rings (SSSR count). The lowest BCUT2D eigenvalue weighted by atomic mass is 10.1. The quantitative estimate of drug-likeness (QED) is 0.555. The van der Waals surface area contributed by atoms with Crippen LogP contribution in [0.4, 0.5) is 11.4 Å². The highest BCUT2D eigenvalue weighted by molar-refractivity contribution is 7.80. The Morgan fingerprint density at radius 2 is 1.80 bits per heavy atom. The summed E-state index contributed by atoms with van der Waals surface area (Å²) in [6, 6.07) is 16.3. The van der Waals surface area contributed by atoms with Crippen LogP contribution in [-0.2, 0) is 0 Å². The summed E-state index contributed by atoms with van der Waals surface area (Å²) in [5.74, 6) is 0.710. The van der Waals surface area contributed by atoms with Crippen LogP contribution in [0.5, 0.6) is 5.75 Å². The number of H-pyrrole nitrogens is 1. The van der Waals surface area contributed by atoms with Crippen LogP contribution in [0.15, 0.2) is 69.6 Å². The Kier molecular flexibility index (Phi) is 4.71. The zero-order valence-corrected chi connectivity index (χ0v) is 14.2. The number of aromatic nitrogens is 2. The van der Waals surface area contributed by atoms with E-state index in [9.17, 15) is 4.79 Å². The topological polar surface area (TPSA) is 97.8 Å². The monoisotopic (exact) mass is 353 g/mol. The lowest BCUT2D eigenvalue weighted by Gasteiger charge is -1.99. The summed E-state index contributed by atoms with van der Waals surface area (Å²) in [4.78, 5) is 12.5. The molecule has 0 radical (unpaired) electrons. The lowest BCUT2D eigenvalue weighted by molar-refractivity contribution is 0.415. The average molecular weight is 353 g/mol. The van der Waals surface area contributed by atoms with E-state index in [4.69, 9.17) is 22.7 Å². The van der Waals surface area contributed by atoms with Gasteiger partial charge in [-0.3, -0.25) is 9.89 Å². The number of thiocarbonyl (C=S) groups is 1. The summed E-state index contributed by atoms with van der Waals surface area (Å²) >= 11 is 4.90. The van der Waals surface area contributed by atoms with Crippen molar-refractivity contribution in [3.63, 3.8) is 0 Å². The summed E-state index contributed by atoms with van der Waals surface area (Å²) < 4.78 is 6.17. The Labute approximate surface area is 148 Å². The van der Waals surface area contributed by atoms with E-state index >= 15 is 0 Å². The number of nitrogens with one attached hydrogen (secondary N) is 1. The Morgan fingerprint density at radius 3 is 2.40 bits per heavy atom. The number of methoxy groups -OCH3 is 1. The van der Waals surface area contributed by atoms with Crippen molar-refractivity contribution < 1.29 is 4.74 Å². The van der Waals surface area contributed by atoms with E-state index in [1.165, 1.54) is 0 Å². The van der Waals surface area contributed by atoms with Gasteiger partial charge in [-0.15, -0.1) is 5.11 Å². The lowest BCUT2D eigenvalue weighted by Crippen LogP contribution is -2.29. The zero-order chi connectivity index (χ0) is 17.8. The second kappa shape index (κ2) is 7.10. The number of hydrogen-bond acceptors (Lipinski definition) is 5. The van der Waals surface area contributed by atoms with Crippen molar-refractivity contribution in [2.45, 2.75) is 0 Å². The fourth-order valence-electron chi connectivity index (χ4n) is 2.24. The maximum Gasteiger partial charge on any atom is 0.301 e. The molecule has 0 saturated heterocycles. The van der Waals surface area contributed by atoms with Crippen molar-refractivity contribution in [3.8, 4) is 17.0 Å². The molecule has 0 aliphatic carbocycles. The Bertz CT molecular complexity index is 975. The maximum atomic E-state index is 12.5. The number of aromatic amines is 1. The van der Waals surface area contributed by atoms with E-state index in [1.54, 1.807) is 31.4 Å². The fraction of sp³-hybridized carbons (Fsp3) is 0.0588. The molecule has 2 aromatic carbocycles. The number of benzene rings is 2. The summed E-state index contributed by atoms with van der Waals surface area (Å²) in [5, 5.41) is 11.0. The molecule has 0 atom stereocenters. The van der Waals surface area contributed by atoms with Crippen LogP contribution in [0.25, 0.3) is 11.3 Å². The molecule has 0 aliphatic heterocycles. The first-order chi connectivity index (χ1) is 12.1. The van der Waals surface area contributed by atoms with Crippen LogP contribution in [0.1, 0.15) is 0 Å². The van der Waals surface area contributed by atoms with Crippen molar-refractivity contribution in [3.05, 3.63) is 65.0 Å². The first-order valence-electron chi connectivity index (χ1n) is 7.36. The number of rotatable bonds is 4. The molecule has 0 unspecified atom stereocenters. The molecular formula is C17H15N5O2S. The summed E-state index contributed by atoms with van der Waals surface area (Å²) in [6.45, 7) is 0. The number of azo groups is 1. The highest BCUT2D eigenvalue weighted by Gasteiger charge is 2.16. The molecule has 0 saturated carbocycles. The first kappa shape index (κ1) is 16.6. The van der Waals surface area contributed by atoms with Gasteiger partial charge >= 0.3 is 5.56 Å². The van der Waals surface area contributed by atoms with Gasteiger partial charge in [0.05, 0.1) is 18.5 Å². The van der Waals surface area contributed by atoms with E-state index in [2.05, 4.69) is 15.3 Å². The van der Waals surface area contributed by atoms with Crippen LogP contribution in [0, 0.1) is 0 Å². The van der Waals surface area contributed by atoms with Crippen molar-refractivity contribution in [1.82, 2.24) is 9.78 Å². The van der Waals surface area contributed by atoms with Crippen LogP contribution in [0.2, 0.25) is 0 Å². The molecule has 25 heavy (non-hydrogen) atoms. The van der Waals surface area contributed by atoms with Crippen molar-refractivity contribution in [1.29, 1.82) is 0 Å². The molecule has 1 heterocycles. The Balaban J connectivity index is 2.06. The van der Waals surface area contributed by atoms with Gasteiger partial charge in [-0.2, -0.15) is 9.80 Å². The number of nitrogens with two attached hydrogens (primary N) is 1. The molecule has 8 heteroatoms. The standard InChI is InChI=1S/C17H15N5O2S/c1-24-13-9-7-12(8-10-13)19-20-15-14(11-5-3-2-4-6-11)21-22(16(15)23)17(18)25/h2-10,21H,1H3,(H2,18,25). The molecule has 3 aromatic rings. The van der Waals surface area contributed by atoms with E-state index < -0.39 is 5.56 Å². The van der Waals surface area contributed by atoms with E-state index in [0.717, 1.165) is 10.2 Å². The van der Waals surface area contributed by atoms with Crippen LogP contribution in [-0.4, -0.2) is 22.0 Å². The normalized spacial score (nSPS) is 10.9. The maximum absolute atomic E-state index is 12.5. The van der Waals surface area contributed by atoms with Crippen LogP contribution < -0.4 is 16.0 Å². The number of nitrogens with zero attached hydrogens (tertiary/aromatic N) is 3. The third-order valence-electron chi connectivity index (χ3n) is 3.49. The van der Waals surface area contributed by atoms with Crippen molar-refractivity contribution in [2.24, 2.45) is 16.0 Å². The largest absolute Gasteiger partial charge is 0.497 e. The predicted octanol–water partition coefficient (Wildman–Crippen LogP) is 3.36. The van der Waals surface area contributed by atoms with Crippen LogP contribution >= 0.6 is 12.2 Å². The highest BCUT2D eigenvalue weighted by atomic mass is 32.1. The average Bonchev–Trinajstić information content (AvgIpc) is 2.98. The van der Waals surface area contributed by atoms with E-state index in [0.29, 0.717) is 17.1 Å². The molecule has 0 fully saturated rings. The Hall–Kier alpha value is -3.26. The van der Waals surface area contributed by atoms with Gasteiger partial charge in [0, 0.05) is 5.56 Å². The summed E-state index contributed by atoms with van der Waals surface area (Å²) in [6.07, 6.45) is 0. The molecule has 1 aromatic heterocycles. The summed E-state index contributed by atoms with van der Waals surface area (Å²) in [5.41, 5.74) is 7.13. The molecule has 0 bridgehead atoms. The number of ether oxygens (including phenoxy) is 1. The van der Waals surface area contributed by atoms with Gasteiger partial charge < -0.3 is 10.5 Å². The highest BCUT2D eigenvalue weighted by Crippen LogP contribution is 2.27. The molecule has 3 N–H and O–H groups in total. The second-order valence-corrected chi connectivity index (χ2v) is 5.50. The minimum Gasteiger partial charge on any atom is -0.497 e. The molecule has 0 spiro atoms. The van der Waals surface area contributed by atoms with Crippen molar-refractivity contribution >= 4 is 28.7 Å². The SMILES string of the molecule is COc1ccc(N=Nc2c(-c3ccccc3)[nH]n(C(N)=S)c2=O)cc1.